The normalized spacial score (nSPS) is 10.9. The third-order valence-corrected chi connectivity index (χ3v) is 4.33. The van der Waals surface area contributed by atoms with Gasteiger partial charge in [0.1, 0.15) is 5.75 Å². The maximum Gasteiger partial charge on any atom is 0.271 e. The molecule has 0 saturated heterocycles. The summed E-state index contributed by atoms with van der Waals surface area (Å²) in [7, 11) is 0. The number of nitrogens with one attached hydrogen (secondary N) is 1. The third-order valence-electron chi connectivity index (χ3n) is 4.33. The Kier molecular flexibility index (Phi) is 8.36. The predicted octanol–water partition coefficient (Wildman–Crippen LogP) is 4.56. The lowest BCUT2D eigenvalue weighted by Crippen LogP contribution is -2.25. The summed E-state index contributed by atoms with van der Waals surface area (Å²) in [4.78, 5) is 14.4. The molecule has 2 aromatic carbocycles. The number of carbonyl (C=O) groups is 1. The van der Waals surface area contributed by atoms with Gasteiger partial charge in [-0.3, -0.25) is 4.79 Å². The van der Waals surface area contributed by atoms with E-state index in [0.717, 1.165) is 18.7 Å². The van der Waals surface area contributed by atoms with Gasteiger partial charge >= 0.3 is 0 Å². The summed E-state index contributed by atoms with van der Waals surface area (Å²) < 4.78 is 0. The van der Waals surface area contributed by atoms with E-state index in [0.29, 0.717) is 5.56 Å². The van der Waals surface area contributed by atoms with Crippen molar-refractivity contribution in [1.29, 1.82) is 0 Å². The van der Waals surface area contributed by atoms with Crippen molar-refractivity contribution in [2.24, 2.45) is 5.10 Å². The van der Waals surface area contributed by atoms with Crippen molar-refractivity contribution in [2.45, 2.75) is 39.5 Å². The molecule has 2 N–H and O–H groups in total. The second-order valence-corrected chi connectivity index (χ2v) is 6.53. The molecule has 0 unspecified atom stereocenters. The van der Waals surface area contributed by atoms with Crippen LogP contribution in [0.3, 0.4) is 0 Å². The smallest absolute Gasteiger partial charge is 0.271 e. The van der Waals surface area contributed by atoms with Crippen molar-refractivity contribution < 1.29 is 9.90 Å². The third kappa shape index (κ3) is 6.77. The van der Waals surface area contributed by atoms with E-state index in [1.54, 1.807) is 18.3 Å². The van der Waals surface area contributed by atoms with Gasteiger partial charge in [0.25, 0.3) is 5.91 Å². The number of anilines is 1. The number of hydrogen-bond acceptors (Lipinski definition) is 4. The molecule has 0 spiro atoms. The minimum absolute atomic E-state index is 0.127. The standard InChI is InChI=1S/C22H29N3O2/c1-3-5-15-25(16-6-4-2)20-11-7-18(8-12-20)17-23-24-22(27)19-9-13-21(26)14-10-19/h7-14,17,26H,3-6,15-16H2,1-2H3,(H,24,27)/b23-17+. The van der Waals surface area contributed by atoms with Gasteiger partial charge in [-0.15, -0.1) is 0 Å². The fourth-order valence-corrected chi connectivity index (χ4v) is 2.68. The van der Waals surface area contributed by atoms with Crippen LogP contribution in [0.15, 0.2) is 53.6 Å². The van der Waals surface area contributed by atoms with Crippen LogP contribution < -0.4 is 10.3 Å². The Balaban J connectivity index is 1.94. The highest BCUT2D eigenvalue weighted by atomic mass is 16.3. The predicted molar refractivity (Wildman–Crippen MR) is 112 cm³/mol. The maximum absolute atomic E-state index is 12.0. The summed E-state index contributed by atoms with van der Waals surface area (Å²) in [5, 5.41) is 13.3. The summed E-state index contributed by atoms with van der Waals surface area (Å²) in [6.07, 6.45) is 6.39. The van der Waals surface area contributed by atoms with Crippen molar-refractivity contribution in [3.05, 3.63) is 59.7 Å². The van der Waals surface area contributed by atoms with Crippen LogP contribution in [0.2, 0.25) is 0 Å². The lowest BCUT2D eigenvalue weighted by Gasteiger charge is -2.24. The van der Waals surface area contributed by atoms with Gasteiger partial charge in [-0.1, -0.05) is 38.8 Å². The first-order chi connectivity index (χ1) is 13.1. The van der Waals surface area contributed by atoms with Gasteiger partial charge in [0.2, 0.25) is 0 Å². The lowest BCUT2D eigenvalue weighted by molar-refractivity contribution is 0.0955. The first-order valence-corrected chi connectivity index (χ1v) is 9.61. The Bertz CT molecular complexity index is 716. The number of hydrazone groups is 1. The van der Waals surface area contributed by atoms with Gasteiger partial charge in [-0.05, 0) is 54.8 Å². The second-order valence-electron chi connectivity index (χ2n) is 6.53. The van der Waals surface area contributed by atoms with E-state index < -0.39 is 0 Å². The van der Waals surface area contributed by atoms with Gasteiger partial charge in [0, 0.05) is 24.3 Å². The van der Waals surface area contributed by atoms with Crippen molar-refractivity contribution in [3.63, 3.8) is 0 Å². The molecule has 0 aliphatic rings. The summed E-state index contributed by atoms with van der Waals surface area (Å²) >= 11 is 0. The number of nitrogens with zero attached hydrogens (tertiary/aromatic N) is 2. The molecule has 0 atom stereocenters. The van der Waals surface area contributed by atoms with E-state index in [9.17, 15) is 9.90 Å². The van der Waals surface area contributed by atoms with Crippen molar-refractivity contribution in [2.75, 3.05) is 18.0 Å². The molecule has 0 bridgehead atoms. The second kappa shape index (κ2) is 11.0. The molecule has 5 heteroatoms. The Labute approximate surface area is 161 Å². The van der Waals surface area contributed by atoms with E-state index in [2.05, 4.69) is 41.4 Å². The number of hydrogen-bond donors (Lipinski definition) is 2. The zero-order valence-electron chi connectivity index (χ0n) is 16.2. The van der Waals surface area contributed by atoms with Gasteiger partial charge in [-0.2, -0.15) is 5.10 Å². The molecule has 1 amide bonds. The Morgan fingerprint density at radius 2 is 1.59 bits per heavy atom. The number of rotatable bonds is 10. The highest BCUT2D eigenvalue weighted by Gasteiger charge is 2.06. The summed E-state index contributed by atoms with van der Waals surface area (Å²) in [6, 6.07) is 14.3. The number of unbranched alkanes of at least 4 members (excludes halogenated alkanes) is 2. The molecular weight excluding hydrogens is 338 g/mol. The average Bonchev–Trinajstić information content (AvgIpc) is 2.69. The maximum atomic E-state index is 12.0. The number of aromatic hydroxyl groups is 1. The van der Waals surface area contributed by atoms with Gasteiger partial charge in [-0.25, -0.2) is 5.43 Å². The molecule has 27 heavy (non-hydrogen) atoms. The minimum Gasteiger partial charge on any atom is -0.508 e. The van der Waals surface area contributed by atoms with Gasteiger partial charge in [0.05, 0.1) is 6.21 Å². The first kappa shape index (κ1) is 20.5. The largest absolute Gasteiger partial charge is 0.508 e. The Morgan fingerprint density at radius 1 is 1.00 bits per heavy atom. The number of amides is 1. The van der Waals surface area contributed by atoms with Crippen LogP contribution in [0.4, 0.5) is 5.69 Å². The Morgan fingerprint density at radius 3 is 2.15 bits per heavy atom. The van der Waals surface area contributed by atoms with Crippen LogP contribution in [0.1, 0.15) is 55.5 Å². The monoisotopic (exact) mass is 367 g/mol. The highest BCUT2D eigenvalue weighted by molar-refractivity contribution is 5.95. The molecular formula is C22H29N3O2. The van der Waals surface area contributed by atoms with Crippen LogP contribution in [-0.2, 0) is 0 Å². The number of phenolic OH excluding ortho intramolecular Hbond substituents is 1. The Hall–Kier alpha value is -2.82. The van der Waals surface area contributed by atoms with Crippen molar-refractivity contribution in [1.82, 2.24) is 5.43 Å². The molecule has 0 fully saturated rings. The first-order valence-electron chi connectivity index (χ1n) is 9.61. The molecule has 0 heterocycles. The SMILES string of the molecule is CCCCN(CCCC)c1ccc(/C=N/NC(=O)c2ccc(O)cc2)cc1. The summed E-state index contributed by atoms with van der Waals surface area (Å²) in [5.41, 5.74) is 5.10. The topological polar surface area (TPSA) is 64.9 Å². The molecule has 0 aromatic heterocycles. The fraction of sp³-hybridized carbons (Fsp3) is 0.364. The zero-order chi connectivity index (χ0) is 19.5. The molecule has 0 radical (unpaired) electrons. The van der Waals surface area contributed by atoms with Crippen LogP contribution in [0, 0.1) is 0 Å². The van der Waals surface area contributed by atoms with E-state index in [-0.39, 0.29) is 11.7 Å². The minimum atomic E-state index is -0.312. The van der Waals surface area contributed by atoms with Gasteiger partial charge < -0.3 is 10.0 Å². The fourth-order valence-electron chi connectivity index (χ4n) is 2.68. The van der Waals surface area contributed by atoms with E-state index in [1.165, 1.54) is 43.5 Å². The van der Waals surface area contributed by atoms with E-state index in [1.807, 2.05) is 12.1 Å². The van der Waals surface area contributed by atoms with Crippen LogP contribution >= 0.6 is 0 Å². The van der Waals surface area contributed by atoms with Crippen molar-refractivity contribution >= 4 is 17.8 Å². The number of phenols is 1. The number of carbonyl (C=O) groups excluding carboxylic acids is 1. The number of benzene rings is 2. The zero-order valence-corrected chi connectivity index (χ0v) is 16.2. The quantitative estimate of drug-likeness (QED) is 0.478. The molecule has 0 saturated carbocycles. The molecule has 5 nitrogen and oxygen atoms in total. The molecule has 144 valence electrons. The van der Waals surface area contributed by atoms with Crippen LogP contribution in [0.5, 0.6) is 5.75 Å². The lowest BCUT2D eigenvalue weighted by atomic mass is 10.2. The van der Waals surface area contributed by atoms with E-state index in [4.69, 9.17) is 0 Å². The summed E-state index contributed by atoms with van der Waals surface area (Å²) in [5.74, 6) is -0.185. The van der Waals surface area contributed by atoms with Crippen molar-refractivity contribution in [3.8, 4) is 5.75 Å². The summed E-state index contributed by atoms with van der Waals surface area (Å²) in [6.45, 7) is 6.58. The molecule has 2 rings (SSSR count). The van der Waals surface area contributed by atoms with E-state index >= 15 is 0 Å². The van der Waals surface area contributed by atoms with Crippen LogP contribution in [0.25, 0.3) is 0 Å². The molecule has 0 aliphatic heterocycles. The highest BCUT2D eigenvalue weighted by Crippen LogP contribution is 2.16. The van der Waals surface area contributed by atoms with Crippen LogP contribution in [-0.4, -0.2) is 30.3 Å². The van der Waals surface area contributed by atoms with Gasteiger partial charge in [0.15, 0.2) is 0 Å². The molecule has 0 aliphatic carbocycles. The molecule has 2 aromatic rings. The average molecular weight is 367 g/mol.